The summed E-state index contributed by atoms with van der Waals surface area (Å²) in [6.45, 7) is 4.17. The first-order valence-corrected chi connectivity index (χ1v) is 7.10. The summed E-state index contributed by atoms with van der Waals surface area (Å²) >= 11 is 0. The van der Waals surface area contributed by atoms with Gasteiger partial charge in [0.15, 0.2) is 5.76 Å². The quantitative estimate of drug-likeness (QED) is 0.877. The molecular formula is C18H16O4. The van der Waals surface area contributed by atoms with E-state index in [1.807, 2.05) is 31.2 Å². The van der Waals surface area contributed by atoms with Gasteiger partial charge in [-0.15, -0.1) is 0 Å². The van der Waals surface area contributed by atoms with Crippen molar-refractivity contribution in [2.24, 2.45) is 0 Å². The third-order valence-electron chi connectivity index (χ3n) is 3.56. The number of Topliss-reactive ketones (excluding diaryl/α,β-unsaturated/α-hetero) is 1. The van der Waals surface area contributed by atoms with Gasteiger partial charge < -0.3 is 14.6 Å². The number of fused-ring (bicyclic) bond motifs is 1. The van der Waals surface area contributed by atoms with Crippen molar-refractivity contribution in [3.8, 4) is 17.2 Å². The van der Waals surface area contributed by atoms with Crippen LogP contribution in [0.15, 0.2) is 42.2 Å². The molecule has 0 amide bonds. The Labute approximate surface area is 128 Å². The highest BCUT2D eigenvalue weighted by molar-refractivity contribution is 6.15. The number of para-hydroxylation sites is 1. The number of ketones is 1. The van der Waals surface area contributed by atoms with Crippen LogP contribution in [0.3, 0.4) is 0 Å². The standard InChI is InChI=1S/C18H16O4/c1-3-21-15-7-5-4-6-12(15)10-16-17(20)13-8-9-14(19)11(2)18(13)22-16/h4-10,19H,3H2,1-2H3/b16-10-. The second-order valence-corrected chi connectivity index (χ2v) is 5.00. The van der Waals surface area contributed by atoms with E-state index in [1.54, 1.807) is 19.1 Å². The number of aromatic hydroxyl groups is 1. The Kier molecular flexibility index (Phi) is 3.59. The third-order valence-corrected chi connectivity index (χ3v) is 3.56. The number of phenols is 1. The SMILES string of the molecule is CCOc1ccccc1/C=C1\Oc2c(ccc(O)c2C)C1=O. The van der Waals surface area contributed by atoms with E-state index in [4.69, 9.17) is 9.47 Å². The van der Waals surface area contributed by atoms with E-state index in [1.165, 1.54) is 6.07 Å². The maximum absolute atomic E-state index is 12.4. The van der Waals surface area contributed by atoms with Crippen molar-refractivity contribution in [3.05, 3.63) is 58.8 Å². The fraction of sp³-hybridized carbons (Fsp3) is 0.167. The van der Waals surface area contributed by atoms with Crippen molar-refractivity contribution >= 4 is 11.9 Å². The van der Waals surface area contributed by atoms with Crippen LogP contribution in [0.1, 0.15) is 28.4 Å². The van der Waals surface area contributed by atoms with Gasteiger partial charge in [-0.05, 0) is 38.1 Å². The number of hydrogen-bond donors (Lipinski definition) is 1. The van der Waals surface area contributed by atoms with Crippen LogP contribution in [-0.2, 0) is 0 Å². The van der Waals surface area contributed by atoms with Crippen molar-refractivity contribution in [2.75, 3.05) is 6.61 Å². The van der Waals surface area contributed by atoms with E-state index < -0.39 is 0 Å². The van der Waals surface area contributed by atoms with E-state index in [2.05, 4.69) is 0 Å². The second-order valence-electron chi connectivity index (χ2n) is 5.00. The van der Waals surface area contributed by atoms with Crippen LogP contribution in [0.25, 0.3) is 6.08 Å². The predicted octanol–water partition coefficient (Wildman–Crippen LogP) is 3.72. The second kappa shape index (κ2) is 5.56. The zero-order valence-electron chi connectivity index (χ0n) is 12.4. The van der Waals surface area contributed by atoms with Gasteiger partial charge in [0.1, 0.15) is 17.2 Å². The van der Waals surface area contributed by atoms with Crippen molar-refractivity contribution in [3.63, 3.8) is 0 Å². The Hall–Kier alpha value is -2.75. The molecule has 0 aliphatic carbocycles. The maximum atomic E-state index is 12.4. The number of hydrogen-bond acceptors (Lipinski definition) is 4. The molecule has 0 atom stereocenters. The number of carbonyl (C=O) groups excluding carboxylic acids is 1. The first-order chi connectivity index (χ1) is 10.6. The monoisotopic (exact) mass is 296 g/mol. The zero-order chi connectivity index (χ0) is 15.7. The molecule has 0 unspecified atom stereocenters. The lowest BCUT2D eigenvalue weighted by atomic mass is 10.1. The summed E-state index contributed by atoms with van der Waals surface area (Å²) in [6.07, 6.45) is 1.67. The van der Waals surface area contributed by atoms with Crippen molar-refractivity contribution in [2.45, 2.75) is 13.8 Å². The van der Waals surface area contributed by atoms with Gasteiger partial charge >= 0.3 is 0 Å². The minimum Gasteiger partial charge on any atom is -0.508 e. The molecule has 2 aromatic carbocycles. The molecule has 1 aliphatic heterocycles. The molecule has 2 aromatic rings. The molecule has 0 spiro atoms. The van der Waals surface area contributed by atoms with E-state index in [-0.39, 0.29) is 17.3 Å². The molecule has 0 aromatic heterocycles. The van der Waals surface area contributed by atoms with Gasteiger partial charge in [0.05, 0.1) is 12.2 Å². The van der Waals surface area contributed by atoms with Gasteiger partial charge in [-0.25, -0.2) is 0 Å². The maximum Gasteiger partial charge on any atom is 0.231 e. The first-order valence-electron chi connectivity index (χ1n) is 7.10. The molecule has 4 nitrogen and oxygen atoms in total. The number of ether oxygens (including phenoxy) is 2. The molecule has 0 saturated carbocycles. The lowest BCUT2D eigenvalue weighted by molar-refractivity contribution is 0.101. The summed E-state index contributed by atoms with van der Waals surface area (Å²) in [5.41, 5.74) is 1.81. The molecule has 0 saturated heterocycles. The van der Waals surface area contributed by atoms with Gasteiger partial charge in [-0.2, -0.15) is 0 Å². The van der Waals surface area contributed by atoms with Crippen LogP contribution in [0.4, 0.5) is 0 Å². The molecule has 0 fully saturated rings. The summed E-state index contributed by atoms with van der Waals surface area (Å²) in [7, 11) is 0. The first kappa shape index (κ1) is 14.2. The molecule has 1 N–H and O–H groups in total. The van der Waals surface area contributed by atoms with E-state index in [0.29, 0.717) is 29.2 Å². The Morgan fingerprint density at radius 2 is 2.00 bits per heavy atom. The summed E-state index contributed by atoms with van der Waals surface area (Å²) in [5, 5.41) is 9.73. The van der Waals surface area contributed by atoms with Crippen LogP contribution in [0.2, 0.25) is 0 Å². The van der Waals surface area contributed by atoms with Crippen molar-refractivity contribution in [1.82, 2.24) is 0 Å². The Balaban J connectivity index is 2.02. The van der Waals surface area contributed by atoms with Crippen molar-refractivity contribution in [1.29, 1.82) is 0 Å². The van der Waals surface area contributed by atoms with Gasteiger partial charge in [-0.1, -0.05) is 18.2 Å². The molecule has 22 heavy (non-hydrogen) atoms. The highest BCUT2D eigenvalue weighted by Crippen LogP contribution is 2.39. The highest BCUT2D eigenvalue weighted by atomic mass is 16.5. The van der Waals surface area contributed by atoms with Crippen LogP contribution in [-0.4, -0.2) is 17.5 Å². The average Bonchev–Trinajstić information content (AvgIpc) is 2.83. The molecule has 1 heterocycles. The molecule has 1 aliphatic rings. The highest BCUT2D eigenvalue weighted by Gasteiger charge is 2.29. The van der Waals surface area contributed by atoms with E-state index >= 15 is 0 Å². The fourth-order valence-corrected chi connectivity index (χ4v) is 2.40. The minimum absolute atomic E-state index is 0.113. The molecule has 0 bridgehead atoms. The lowest BCUT2D eigenvalue weighted by Gasteiger charge is -2.07. The van der Waals surface area contributed by atoms with E-state index in [9.17, 15) is 9.90 Å². The van der Waals surface area contributed by atoms with Crippen LogP contribution < -0.4 is 9.47 Å². The Morgan fingerprint density at radius 1 is 1.23 bits per heavy atom. The number of carbonyl (C=O) groups is 1. The normalized spacial score (nSPS) is 14.8. The van der Waals surface area contributed by atoms with E-state index in [0.717, 1.165) is 5.56 Å². The van der Waals surface area contributed by atoms with Gasteiger partial charge in [0.2, 0.25) is 5.78 Å². The fourth-order valence-electron chi connectivity index (χ4n) is 2.40. The number of allylic oxidation sites excluding steroid dienone is 1. The number of rotatable bonds is 3. The molecule has 112 valence electrons. The smallest absolute Gasteiger partial charge is 0.231 e. The Morgan fingerprint density at radius 3 is 2.77 bits per heavy atom. The lowest BCUT2D eigenvalue weighted by Crippen LogP contribution is -1.99. The largest absolute Gasteiger partial charge is 0.508 e. The number of phenolic OH excluding ortho intramolecular Hbond substituents is 1. The van der Waals surface area contributed by atoms with Crippen molar-refractivity contribution < 1.29 is 19.4 Å². The number of benzene rings is 2. The van der Waals surface area contributed by atoms with Crippen LogP contribution in [0.5, 0.6) is 17.2 Å². The molecule has 3 rings (SSSR count). The topological polar surface area (TPSA) is 55.8 Å². The summed E-state index contributed by atoms with van der Waals surface area (Å²) in [5.74, 6) is 1.28. The molecular weight excluding hydrogens is 280 g/mol. The summed E-state index contributed by atoms with van der Waals surface area (Å²) in [6, 6.07) is 10.5. The van der Waals surface area contributed by atoms with Crippen LogP contribution >= 0.6 is 0 Å². The molecule has 0 radical (unpaired) electrons. The average molecular weight is 296 g/mol. The molecule has 4 heteroatoms. The summed E-state index contributed by atoms with van der Waals surface area (Å²) in [4.78, 5) is 12.4. The minimum atomic E-state index is -0.190. The van der Waals surface area contributed by atoms with Gasteiger partial charge in [-0.3, -0.25) is 4.79 Å². The third kappa shape index (κ3) is 2.33. The van der Waals surface area contributed by atoms with Gasteiger partial charge in [0.25, 0.3) is 0 Å². The summed E-state index contributed by atoms with van der Waals surface area (Å²) < 4.78 is 11.2. The van der Waals surface area contributed by atoms with Gasteiger partial charge in [0, 0.05) is 11.1 Å². The zero-order valence-corrected chi connectivity index (χ0v) is 12.4. The van der Waals surface area contributed by atoms with Crippen LogP contribution in [0, 0.1) is 6.92 Å². The predicted molar refractivity (Wildman–Crippen MR) is 83.4 cm³/mol. The Bertz CT molecular complexity index is 775.